The Morgan fingerprint density at radius 2 is 1.96 bits per heavy atom. The number of benzene rings is 2. The molecule has 0 saturated carbocycles. The van der Waals surface area contributed by atoms with Crippen LogP contribution in [0.4, 0.5) is 4.39 Å². The molecule has 1 aromatic heterocycles. The molecule has 6 nitrogen and oxygen atoms in total. The molecule has 140 valence electrons. The Balaban J connectivity index is 1.67. The first-order valence-corrected chi connectivity index (χ1v) is 8.55. The Morgan fingerprint density at radius 1 is 1.22 bits per heavy atom. The van der Waals surface area contributed by atoms with Gasteiger partial charge in [-0.25, -0.2) is 4.39 Å². The molecule has 1 heterocycles. The van der Waals surface area contributed by atoms with Gasteiger partial charge >= 0.3 is 0 Å². The predicted molar refractivity (Wildman–Crippen MR) is 99.6 cm³/mol. The summed E-state index contributed by atoms with van der Waals surface area (Å²) in [4.78, 5) is 18.6. The van der Waals surface area contributed by atoms with E-state index in [1.807, 2.05) is 25.1 Å². The van der Waals surface area contributed by atoms with Crippen LogP contribution in [-0.2, 0) is 0 Å². The average Bonchev–Trinajstić information content (AvgIpc) is 3.08. The van der Waals surface area contributed by atoms with Crippen LogP contribution in [0.25, 0.3) is 11.5 Å². The van der Waals surface area contributed by atoms with E-state index in [2.05, 4.69) is 15.5 Å². The third-order valence-corrected chi connectivity index (χ3v) is 4.23. The highest BCUT2D eigenvalue weighted by Crippen LogP contribution is 2.20. The SMILES string of the molecule is Cc1noc(-c2ccc(C(=O)NCC(c3cccc(F)c3)N(C)C)cc2)n1. The lowest BCUT2D eigenvalue weighted by molar-refractivity contribution is 0.0942. The number of carbonyl (C=O) groups is 1. The topological polar surface area (TPSA) is 71.3 Å². The van der Waals surface area contributed by atoms with Gasteiger partial charge in [0.2, 0.25) is 0 Å². The molecule has 3 rings (SSSR count). The highest BCUT2D eigenvalue weighted by Gasteiger charge is 2.17. The van der Waals surface area contributed by atoms with Gasteiger partial charge in [-0.05, 0) is 63.0 Å². The quantitative estimate of drug-likeness (QED) is 0.723. The van der Waals surface area contributed by atoms with Crippen LogP contribution in [0.15, 0.2) is 53.1 Å². The third-order valence-electron chi connectivity index (χ3n) is 4.23. The minimum absolute atomic E-state index is 0.134. The molecule has 3 aromatic rings. The first-order valence-electron chi connectivity index (χ1n) is 8.55. The monoisotopic (exact) mass is 368 g/mol. The number of hydrogen-bond acceptors (Lipinski definition) is 5. The minimum Gasteiger partial charge on any atom is -0.350 e. The maximum absolute atomic E-state index is 13.5. The number of nitrogens with one attached hydrogen (secondary N) is 1. The molecule has 0 radical (unpaired) electrons. The van der Waals surface area contributed by atoms with Gasteiger partial charge in [0, 0.05) is 17.7 Å². The zero-order valence-electron chi connectivity index (χ0n) is 15.4. The summed E-state index contributed by atoms with van der Waals surface area (Å²) in [5.41, 5.74) is 2.08. The van der Waals surface area contributed by atoms with Gasteiger partial charge in [0.1, 0.15) is 5.82 Å². The summed E-state index contributed by atoms with van der Waals surface area (Å²) in [5.74, 6) is 0.473. The van der Waals surface area contributed by atoms with Crippen LogP contribution in [0, 0.1) is 12.7 Å². The second kappa shape index (κ2) is 8.09. The van der Waals surface area contributed by atoms with Gasteiger partial charge in [-0.1, -0.05) is 17.3 Å². The molecule has 0 bridgehead atoms. The number of halogens is 1. The zero-order valence-corrected chi connectivity index (χ0v) is 15.4. The Kier molecular flexibility index (Phi) is 5.61. The van der Waals surface area contributed by atoms with Crippen LogP contribution in [0.2, 0.25) is 0 Å². The van der Waals surface area contributed by atoms with E-state index in [0.717, 1.165) is 11.1 Å². The Bertz CT molecular complexity index is 922. The summed E-state index contributed by atoms with van der Waals surface area (Å²) >= 11 is 0. The van der Waals surface area contributed by atoms with Crippen molar-refractivity contribution in [2.45, 2.75) is 13.0 Å². The van der Waals surface area contributed by atoms with Gasteiger partial charge < -0.3 is 14.7 Å². The Morgan fingerprint density at radius 3 is 2.56 bits per heavy atom. The molecule has 0 saturated heterocycles. The van der Waals surface area contributed by atoms with Gasteiger partial charge in [0.15, 0.2) is 5.82 Å². The number of likely N-dealkylation sites (N-methyl/N-ethyl adjacent to an activating group) is 1. The van der Waals surface area contributed by atoms with Crippen LogP contribution in [0.5, 0.6) is 0 Å². The summed E-state index contributed by atoms with van der Waals surface area (Å²) in [6.07, 6.45) is 0. The normalized spacial score (nSPS) is 12.2. The van der Waals surface area contributed by atoms with E-state index in [9.17, 15) is 9.18 Å². The molecule has 7 heteroatoms. The fourth-order valence-electron chi connectivity index (χ4n) is 2.78. The van der Waals surface area contributed by atoms with E-state index < -0.39 is 0 Å². The van der Waals surface area contributed by atoms with Gasteiger partial charge in [-0.2, -0.15) is 4.98 Å². The second-order valence-corrected chi connectivity index (χ2v) is 6.47. The van der Waals surface area contributed by atoms with E-state index in [1.165, 1.54) is 12.1 Å². The molecule has 2 aromatic carbocycles. The third kappa shape index (κ3) is 4.57. The summed E-state index contributed by atoms with van der Waals surface area (Å²) in [5, 5.41) is 6.66. The van der Waals surface area contributed by atoms with Gasteiger partial charge in [0.25, 0.3) is 11.8 Å². The Hall–Kier alpha value is -3.06. The lowest BCUT2D eigenvalue weighted by atomic mass is 10.1. The van der Waals surface area contributed by atoms with E-state index in [0.29, 0.717) is 23.8 Å². The van der Waals surface area contributed by atoms with Crippen molar-refractivity contribution < 1.29 is 13.7 Å². The fourth-order valence-corrected chi connectivity index (χ4v) is 2.78. The van der Waals surface area contributed by atoms with Crippen molar-refractivity contribution in [3.05, 3.63) is 71.3 Å². The highest BCUT2D eigenvalue weighted by atomic mass is 19.1. The molecule has 1 unspecified atom stereocenters. The van der Waals surface area contributed by atoms with E-state index in [4.69, 9.17) is 4.52 Å². The molecule has 27 heavy (non-hydrogen) atoms. The number of aromatic nitrogens is 2. The van der Waals surface area contributed by atoms with E-state index >= 15 is 0 Å². The fraction of sp³-hybridized carbons (Fsp3) is 0.250. The standard InChI is InChI=1S/C20H21FN4O2/c1-13-23-20(27-24-13)15-9-7-14(8-10-15)19(26)22-12-18(25(2)3)16-5-4-6-17(21)11-16/h4-11,18H,12H2,1-3H3,(H,22,26). The highest BCUT2D eigenvalue weighted by molar-refractivity contribution is 5.94. The first kappa shape index (κ1) is 18.7. The molecular weight excluding hydrogens is 347 g/mol. The lowest BCUT2D eigenvalue weighted by Gasteiger charge is -2.25. The lowest BCUT2D eigenvalue weighted by Crippen LogP contribution is -2.34. The minimum atomic E-state index is -0.294. The Labute approximate surface area is 157 Å². The van der Waals surface area contributed by atoms with E-state index in [1.54, 1.807) is 37.3 Å². The van der Waals surface area contributed by atoms with Gasteiger partial charge in [-0.15, -0.1) is 0 Å². The van der Waals surface area contributed by atoms with Crippen LogP contribution in [-0.4, -0.2) is 41.6 Å². The molecule has 1 N–H and O–H groups in total. The number of nitrogens with zero attached hydrogens (tertiary/aromatic N) is 3. The van der Waals surface area contributed by atoms with Crippen LogP contribution >= 0.6 is 0 Å². The second-order valence-electron chi connectivity index (χ2n) is 6.47. The molecule has 0 aliphatic heterocycles. The molecule has 0 aliphatic carbocycles. The molecule has 0 fully saturated rings. The summed E-state index contributed by atoms with van der Waals surface area (Å²) in [7, 11) is 3.78. The molecular formula is C20H21FN4O2. The number of amides is 1. The first-order chi connectivity index (χ1) is 12.9. The maximum atomic E-state index is 13.5. The smallest absolute Gasteiger partial charge is 0.257 e. The summed E-state index contributed by atoms with van der Waals surface area (Å²) in [6.45, 7) is 2.11. The largest absolute Gasteiger partial charge is 0.350 e. The van der Waals surface area contributed by atoms with Gasteiger partial charge in [-0.3, -0.25) is 4.79 Å². The predicted octanol–water partition coefficient (Wildman–Crippen LogP) is 3.22. The molecule has 0 spiro atoms. The van der Waals surface area contributed by atoms with Crippen molar-refractivity contribution >= 4 is 5.91 Å². The number of rotatable bonds is 6. The van der Waals surface area contributed by atoms with Crippen molar-refractivity contribution in [3.8, 4) is 11.5 Å². The number of carbonyl (C=O) groups excluding carboxylic acids is 1. The van der Waals surface area contributed by atoms with Crippen LogP contribution < -0.4 is 5.32 Å². The van der Waals surface area contributed by atoms with Gasteiger partial charge in [0.05, 0.1) is 6.04 Å². The maximum Gasteiger partial charge on any atom is 0.257 e. The molecule has 0 aliphatic rings. The van der Waals surface area contributed by atoms with Crippen LogP contribution in [0.3, 0.4) is 0 Å². The van der Waals surface area contributed by atoms with Crippen molar-refractivity contribution in [2.75, 3.05) is 20.6 Å². The average molecular weight is 368 g/mol. The van der Waals surface area contributed by atoms with E-state index in [-0.39, 0.29) is 17.8 Å². The van der Waals surface area contributed by atoms with Crippen molar-refractivity contribution in [1.82, 2.24) is 20.4 Å². The number of hydrogen-bond donors (Lipinski definition) is 1. The summed E-state index contributed by atoms with van der Waals surface area (Å²) in [6, 6.07) is 13.2. The van der Waals surface area contributed by atoms with Crippen LogP contribution in [0.1, 0.15) is 27.8 Å². The number of aryl methyl sites for hydroxylation is 1. The molecule has 1 atom stereocenters. The van der Waals surface area contributed by atoms with Crippen molar-refractivity contribution in [3.63, 3.8) is 0 Å². The van der Waals surface area contributed by atoms with Crippen molar-refractivity contribution in [2.24, 2.45) is 0 Å². The zero-order chi connectivity index (χ0) is 19.4. The summed E-state index contributed by atoms with van der Waals surface area (Å²) < 4.78 is 18.6. The molecule has 1 amide bonds. The van der Waals surface area contributed by atoms with Crippen molar-refractivity contribution in [1.29, 1.82) is 0 Å².